The Morgan fingerprint density at radius 2 is 2.46 bits per heavy atom. The lowest BCUT2D eigenvalue weighted by Crippen LogP contribution is -2.17. The van der Waals surface area contributed by atoms with E-state index in [0.717, 1.165) is 5.90 Å². The van der Waals surface area contributed by atoms with Crippen LogP contribution in [0.5, 0.6) is 0 Å². The van der Waals surface area contributed by atoms with Crippen LogP contribution in [0.4, 0.5) is 0 Å². The van der Waals surface area contributed by atoms with Crippen LogP contribution in [0.2, 0.25) is 0 Å². The summed E-state index contributed by atoms with van der Waals surface area (Å²) >= 11 is 0. The van der Waals surface area contributed by atoms with Gasteiger partial charge in [-0.1, -0.05) is 13.8 Å². The van der Waals surface area contributed by atoms with Crippen LogP contribution in [0, 0.1) is 5.92 Å². The minimum atomic E-state index is -0.776. The number of hydrogen-bond donors (Lipinski definition) is 1. The maximum Gasteiger partial charge on any atom is 0.303 e. The smallest absolute Gasteiger partial charge is 0.303 e. The first kappa shape index (κ1) is 10.0. The fraction of sp³-hybridized carbons (Fsp3) is 0.778. The Balaban J connectivity index is 2.25. The third-order valence-electron chi connectivity index (χ3n) is 1.91. The molecule has 1 N–H and O–H groups in total. The second-order valence-corrected chi connectivity index (χ2v) is 3.51. The Labute approximate surface area is 77.6 Å². The van der Waals surface area contributed by atoms with Crippen molar-refractivity contribution >= 4 is 11.9 Å². The Morgan fingerprint density at radius 1 is 1.77 bits per heavy atom. The first-order chi connectivity index (χ1) is 6.09. The van der Waals surface area contributed by atoms with Crippen molar-refractivity contribution in [1.82, 2.24) is 0 Å². The summed E-state index contributed by atoms with van der Waals surface area (Å²) in [5.41, 5.74) is 0. The fourth-order valence-corrected chi connectivity index (χ4v) is 1.19. The van der Waals surface area contributed by atoms with Crippen LogP contribution in [0.25, 0.3) is 0 Å². The summed E-state index contributed by atoms with van der Waals surface area (Å²) in [7, 11) is 0. The van der Waals surface area contributed by atoms with E-state index >= 15 is 0 Å². The van der Waals surface area contributed by atoms with Gasteiger partial charge in [0.15, 0.2) is 5.90 Å². The molecule has 1 atom stereocenters. The van der Waals surface area contributed by atoms with Crippen LogP contribution in [-0.4, -0.2) is 29.6 Å². The van der Waals surface area contributed by atoms with Gasteiger partial charge in [0.1, 0.15) is 6.10 Å². The van der Waals surface area contributed by atoms with Gasteiger partial charge in [-0.25, -0.2) is 0 Å². The molecule has 0 aromatic carbocycles. The molecule has 0 amide bonds. The second-order valence-electron chi connectivity index (χ2n) is 3.51. The average molecular weight is 185 g/mol. The van der Waals surface area contributed by atoms with Gasteiger partial charge in [-0.3, -0.25) is 9.79 Å². The van der Waals surface area contributed by atoms with Crippen molar-refractivity contribution in [3.63, 3.8) is 0 Å². The second kappa shape index (κ2) is 4.25. The molecule has 1 rings (SSSR count). The van der Waals surface area contributed by atoms with Crippen LogP contribution in [0.15, 0.2) is 4.99 Å². The maximum atomic E-state index is 10.3. The monoisotopic (exact) mass is 185 g/mol. The number of ether oxygens (including phenoxy) is 1. The number of nitrogens with zero attached hydrogens (tertiary/aromatic N) is 1. The maximum absolute atomic E-state index is 10.3. The van der Waals surface area contributed by atoms with Crippen LogP contribution in [0.3, 0.4) is 0 Å². The molecule has 0 aliphatic carbocycles. The highest BCUT2D eigenvalue weighted by Crippen LogP contribution is 2.14. The third-order valence-corrected chi connectivity index (χ3v) is 1.91. The van der Waals surface area contributed by atoms with Crippen molar-refractivity contribution in [2.24, 2.45) is 10.9 Å². The van der Waals surface area contributed by atoms with Gasteiger partial charge < -0.3 is 9.84 Å². The van der Waals surface area contributed by atoms with Crippen molar-refractivity contribution in [2.45, 2.75) is 32.8 Å². The molecule has 4 nitrogen and oxygen atoms in total. The zero-order valence-electron chi connectivity index (χ0n) is 7.99. The van der Waals surface area contributed by atoms with E-state index in [4.69, 9.17) is 9.84 Å². The standard InChI is InChI=1S/C9H15NO3/c1-6(2)9-10-5-7(13-9)3-4-8(11)12/h6-7H,3-5H2,1-2H3,(H,11,12). The Hall–Kier alpha value is -1.06. The van der Waals surface area contributed by atoms with E-state index in [1.54, 1.807) is 0 Å². The summed E-state index contributed by atoms with van der Waals surface area (Å²) in [5, 5.41) is 8.46. The number of carboxylic acid groups (broad SMARTS) is 1. The molecule has 0 aromatic heterocycles. The predicted octanol–water partition coefficient (Wildman–Crippen LogP) is 1.30. The molecule has 0 spiro atoms. The van der Waals surface area contributed by atoms with Crippen LogP contribution < -0.4 is 0 Å². The lowest BCUT2D eigenvalue weighted by atomic mass is 10.2. The highest BCUT2D eigenvalue weighted by atomic mass is 16.5. The summed E-state index contributed by atoms with van der Waals surface area (Å²) in [6, 6.07) is 0. The van der Waals surface area contributed by atoms with Crippen molar-refractivity contribution in [1.29, 1.82) is 0 Å². The minimum absolute atomic E-state index is 0.0199. The molecular weight excluding hydrogens is 170 g/mol. The average Bonchev–Trinajstić information content (AvgIpc) is 2.48. The molecule has 1 aliphatic heterocycles. The Bertz CT molecular complexity index is 223. The Morgan fingerprint density at radius 3 is 2.92 bits per heavy atom. The van der Waals surface area contributed by atoms with Gasteiger partial charge in [-0.2, -0.15) is 0 Å². The molecule has 0 saturated carbocycles. The molecule has 1 heterocycles. The normalized spacial score (nSPS) is 21.5. The molecule has 0 fully saturated rings. The largest absolute Gasteiger partial charge is 0.481 e. The molecule has 1 unspecified atom stereocenters. The molecular formula is C9H15NO3. The van der Waals surface area contributed by atoms with Gasteiger partial charge in [0, 0.05) is 12.3 Å². The van der Waals surface area contributed by atoms with Gasteiger partial charge in [0.2, 0.25) is 0 Å². The number of hydrogen-bond acceptors (Lipinski definition) is 3. The number of carboxylic acids is 1. The first-order valence-electron chi connectivity index (χ1n) is 4.52. The molecule has 4 heteroatoms. The molecule has 1 aliphatic rings. The van der Waals surface area contributed by atoms with Crippen molar-refractivity contribution in [3.8, 4) is 0 Å². The van der Waals surface area contributed by atoms with Crippen molar-refractivity contribution in [2.75, 3.05) is 6.54 Å². The summed E-state index contributed by atoms with van der Waals surface area (Å²) in [6.07, 6.45) is 0.689. The lowest BCUT2D eigenvalue weighted by Gasteiger charge is -2.11. The zero-order chi connectivity index (χ0) is 9.84. The first-order valence-corrected chi connectivity index (χ1v) is 4.52. The molecule has 0 aromatic rings. The summed E-state index contributed by atoms with van der Waals surface area (Å²) in [4.78, 5) is 14.5. The van der Waals surface area contributed by atoms with E-state index in [2.05, 4.69) is 4.99 Å². The number of aliphatic imine (C=N–C) groups is 1. The molecule has 13 heavy (non-hydrogen) atoms. The summed E-state index contributed by atoms with van der Waals surface area (Å²) < 4.78 is 5.46. The third kappa shape index (κ3) is 3.05. The Kier molecular flexibility index (Phi) is 3.28. The molecule has 74 valence electrons. The highest BCUT2D eigenvalue weighted by molar-refractivity contribution is 5.79. The lowest BCUT2D eigenvalue weighted by molar-refractivity contribution is -0.137. The fourth-order valence-electron chi connectivity index (χ4n) is 1.19. The van der Waals surface area contributed by atoms with Gasteiger partial charge in [0.05, 0.1) is 6.54 Å². The van der Waals surface area contributed by atoms with Gasteiger partial charge >= 0.3 is 5.97 Å². The van der Waals surface area contributed by atoms with Crippen LogP contribution in [0.1, 0.15) is 26.7 Å². The van der Waals surface area contributed by atoms with Crippen molar-refractivity contribution < 1.29 is 14.6 Å². The van der Waals surface area contributed by atoms with E-state index in [0.29, 0.717) is 18.9 Å². The molecule has 0 bridgehead atoms. The van der Waals surface area contributed by atoms with Gasteiger partial charge in [0.25, 0.3) is 0 Å². The SMILES string of the molecule is CC(C)C1=NCC(CCC(=O)O)O1. The van der Waals surface area contributed by atoms with Gasteiger partial charge in [-0.05, 0) is 6.42 Å². The summed E-state index contributed by atoms with van der Waals surface area (Å²) in [5.74, 6) is 0.284. The zero-order valence-corrected chi connectivity index (χ0v) is 7.99. The predicted molar refractivity (Wildman–Crippen MR) is 48.9 cm³/mol. The van der Waals surface area contributed by atoms with Crippen LogP contribution in [-0.2, 0) is 9.53 Å². The molecule has 0 radical (unpaired) electrons. The molecule has 0 saturated heterocycles. The van der Waals surface area contributed by atoms with Crippen molar-refractivity contribution in [3.05, 3.63) is 0 Å². The topological polar surface area (TPSA) is 58.9 Å². The van der Waals surface area contributed by atoms with E-state index in [1.807, 2.05) is 13.8 Å². The van der Waals surface area contributed by atoms with E-state index in [-0.39, 0.29) is 12.5 Å². The number of carbonyl (C=O) groups is 1. The van der Waals surface area contributed by atoms with E-state index in [1.165, 1.54) is 0 Å². The summed E-state index contributed by atoms with van der Waals surface area (Å²) in [6.45, 7) is 4.64. The quantitative estimate of drug-likeness (QED) is 0.718. The number of rotatable bonds is 4. The van der Waals surface area contributed by atoms with Gasteiger partial charge in [-0.15, -0.1) is 0 Å². The number of aliphatic carboxylic acids is 1. The highest BCUT2D eigenvalue weighted by Gasteiger charge is 2.21. The van der Waals surface area contributed by atoms with Crippen LogP contribution >= 0.6 is 0 Å². The minimum Gasteiger partial charge on any atom is -0.481 e. The van der Waals surface area contributed by atoms with E-state index in [9.17, 15) is 4.79 Å². The van der Waals surface area contributed by atoms with E-state index < -0.39 is 5.97 Å².